The second kappa shape index (κ2) is 4.01. The molecule has 5 heteroatoms. The largest absolute Gasteiger partial charge is 0.344 e. The molecule has 88 valence electrons. The van der Waals surface area contributed by atoms with Crippen LogP contribution in [0.15, 0.2) is 18.2 Å². The summed E-state index contributed by atoms with van der Waals surface area (Å²) in [6.07, 6.45) is 0.757. The molecule has 1 heterocycles. The van der Waals surface area contributed by atoms with E-state index in [1.807, 2.05) is 18.4 Å². The number of aryl methyl sites for hydroxylation is 1. The van der Waals surface area contributed by atoms with Gasteiger partial charge in [-0.3, -0.25) is 14.9 Å². The van der Waals surface area contributed by atoms with E-state index in [-0.39, 0.29) is 5.69 Å². The fourth-order valence-electron chi connectivity index (χ4n) is 2.17. The Morgan fingerprint density at radius 2 is 2.18 bits per heavy atom. The molecule has 0 spiro atoms. The predicted molar refractivity (Wildman–Crippen MR) is 64.4 cm³/mol. The molecule has 0 radical (unpaired) electrons. The molecule has 17 heavy (non-hydrogen) atoms. The van der Waals surface area contributed by atoms with Gasteiger partial charge in [-0.2, -0.15) is 0 Å². The SMILES string of the molecule is CCn1c(C)c(C=O)c2cc([N+](=O)[O-])ccc21. The normalized spacial score (nSPS) is 10.7. The molecule has 0 atom stereocenters. The number of nitrogens with zero attached hydrogens (tertiary/aromatic N) is 2. The molecule has 2 rings (SSSR count). The third kappa shape index (κ3) is 1.60. The first-order chi connectivity index (χ1) is 8.10. The van der Waals surface area contributed by atoms with Gasteiger partial charge < -0.3 is 4.57 Å². The average Bonchev–Trinajstić information content (AvgIpc) is 2.58. The van der Waals surface area contributed by atoms with Crippen molar-refractivity contribution in [3.63, 3.8) is 0 Å². The van der Waals surface area contributed by atoms with Crippen LogP contribution in [0.3, 0.4) is 0 Å². The Balaban J connectivity index is 2.85. The quantitative estimate of drug-likeness (QED) is 0.464. The number of hydrogen-bond acceptors (Lipinski definition) is 3. The molecular formula is C12H12N2O3. The minimum Gasteiger partial charge on any atom is -0.344 e. The van der Waals surface area contributed by atoms with Gasteiger partial charge in [-0.1, -0.05) is 0 Å². The molecule has 2 aromatic rings. The molecule has 0 bridgehead atoms. The molecule has 5 nitrogen and oxygen atoms in total. The van der Waals surface area contributed by atoms with Gasteiger partial charge in [0.1, 0.15) is 0 Å². The lowest BCUT2D eigenvalue weighted by atomic mass is 10.1. The highest BCUT2D eigenvalue weighted by Gasteiger charge is 2.15. The Labute approximate surface area is 97.8 Å². The second-order valence-electron chi connectivity index (χ2n) is 3.82. The van der Waals surface area contributed by atoms with Gasteiger partial charge in [0.15, 0.2) is 6.29 Å². The maximum Gasteiger partial charge on any atom is 0.270 e. The third-order valence-corrected chi connectivity index (χ3v) is 3.00. The van der Waals surface area contributed by atoms with Gasteiger partial charge in [-0.05, 0) is 19.9 Å². The van der Waals surface area contributed by atoms with E-state index in [2.05, 4.69) is 0 Å². The molecule has 1 aromatic heterocycles. The van der Waals surface area contributed by atoms with Crippen molar-refractivity contribution in [2.24, 2.45) is 0 Å². The van der Waals surface area contributed by atoms with Crippen molar-refractivity contribution in [2.45, 2.75) is 20.4 Å². The summed E-state index contributed by atoms with van der Waals surface area (Å²) >= 11 is 0. The van der Waals surface area contributed by atoms with Crippen LogP contribution in [-0.4, -0.2) is 15.8 Å². The van der Waals surface area contributed by atoms with Gasteiger partial charge >= 0.3 is 0 Å². The number of carbonyl (C=O) groups is 1. The molecule has 1 aromatic carbocycles. The number of non-ortho nitro benzene ring substituents is 1. The molecule has 0 unspecified atom stereocenters. The Morgan fingerprint density at radius 1 is 1.47 bits per heavy atom. The predicted octanol–water partition coefficient (Wildman–Crippen LogP) is 2.69. The lowest BCUT2D eigenvalue weighted by Gasteiger charge is -2.02. The van der Waals surface area contributed by atoms with E-state index >= 15 is 0 Å². The van der Waals surface area contributed by atoms with Crippen molar-refractivity contribution in [2.75, 3.05) is 0 Å². The number of aldehydes is 1. The summed E-state index contributed by atoms with van der Waals surface area (Å²) in [6.45, 7) is 4.55. The Bertz CT molecular complexity index is 614. The lowest BCUT2D eigenvalue weighted by Crippen LogP contribution is -1.96. The van der Waals surface area contributed by atoms with Crippen LogP contribution in [-0.2, 0) is 6.54 Å². The summed E-state index contributed by atoms with van der Waals surface area (Å²) in [7, 11) is 0. The van der Waals surface area contributed by atoms with E-state index < -0.39 is 4.92 Å². The van der Waals surface area contributed by atoms with Crippen LogP contribution < -0.4 is 0 Å². The first-order valence-electron chi connectivity index (χ1n) is 5.32. The number of rotatable bonds is 3. The molecule has 0 N–H and O–H groups in total. The lowest BCUT2D eigenvalue weighted by molar-refractivity contribution is -0.384. The smallest absolute Gasteiger partial charge is 0.270 e. The van der Waals surface area contributed by atoms with E-state index in [4.69, 9.17) is 0 Å². The van der Waals surface area contributed by atoms with Crippen LogP contribution >= 0.6 is 0 Å². The molecule has 0 aliphatic heterocycles. The Kier molecular flexibility index (Phi) is 2.67. The van der Waals surface area contributed by atoms with Gasteiger partial charge in [0.05, 0.1) is 4.92 Å². The van der Waals surface area contributed by atoms with Crippen LogP contribution in [0.4, 0.5) is 5.69 Å². The maximum absolute atomic E-state index is 11.1. The van der Waals surface area contributed by atoms with Crippen LogP contribution in [0, 0.1) is 17.0 Å². The summed E-state index contributed by atoms with van der Waals surface area (Å²) in [5.74, 6) is 0. The zero-order chi connectivity index (χ0) is 12.6. The highest BCUT2D eigenvalue weighted by atomic mass is 16.6. The molecule has 0 aliphatic carbocycles. The van der Waals surface area contributed by atoms with Crippen LogP contribution in [0.25, 0.3) is 10.9 Å². The number of nitro benzene ring substituents is 1. The topological polar surface area (TPSA) is 65.1 Å². The van der Waals surface area contributed by atoms with Crippen LogP contribution in [0.2, 0.25) is 0 Å². The summed E-state index contributed by atoms with van der Waals surface area (Å²) in [5.41, 5.74) is 2.25. The Hall–Kier alpha value is -2.17. The van der Waals surface area contributed by atoms with Crippen molar-refractivity contribution in [1.29, 1.82) is 0 Å². The molecule has 0 saturated carbocycles. The number of benzene rings is 1. The van der Waals surface area contributed by atoms with Crippen molar-refractivity contribution in [3.8, 4) is 0 Å². The van der Waals surface area contributed by atoms with E-state index in [9.17, 15) is 14.9 Å². The van der Waals surface area contributed by atoms with Gasteiger partial charge in [-0.25, -0.2) is 0 Å². The number of nitro groups is 1. The standard InChI is InChI=1S/C12H12N2O3/c1-3-13-8(2)11(7-15)10-6-9(14(16)17)4-5-12(10)13/h4-7H,3H2,1-2H3. The zero-order valence-corrected chi connectivity index (χ0v) is 9.64. The summed E-state index contributed by atoms with van der Waals surface area (Å²) in [5, 5.41) is 11.4. The number of aromatic nitrogens is 1. The maximum atomic E-state index is 11.1. The molecular weight excluding hydrogens is 220 g/mol. The van der Waals surface area contributed by atoms with Gasteiger partial charge in [0.25, 0.3) is 5.69 Å². The number of fused-ring (bicyclic) bond motifs is 1. The minimum atomic E-state index is -0.452. The summed E-state index contributed by atoms with van der Waals surface area (Å²) in [6, 6.07) is 4.61. The average molecular weight is 232 g/mol. The molecule has 0 amide bonds. The van der Waals surface area contributed by atoms with Gasteiger partial charge in [0.2, 0.25) is 0 Å². The third-order valence-electron chi connectivity index (χ3n) is 3.00. The monoisotopic (exact) mass is 232 g/mol. The first kappa shape index (κ1) is 11.3. The summed E-state index contributed by atoms with van der Waals surface area (Å²) < 4.78 is 1.97. The second-order valence-corrected chi connectivity index (χ2v) is 3.82. The number of carbonyl (C=O) groups excluding carboxylic acids is 1. The van der Waals surface area contributed by atoms with E-state index in [1.165, 1.54) is 12.1 Å². The first-order valence-corrected chi connectivity index (χ1v) is 5.32. The van der Waals surface area contributed by atoms with Crippen molar-refractivity contribution < 1.29 is 9.72 Å². The van der Waals surface area contributed by atoms with Gasteiger partial charge in [0, 0.05) is 40.8 Å². The number of hydrogen-bond donors (Lipinski definition) is 0. The van der Waals surface area contributed by atoms with Crippen LogP contribution in [0.1, 0.15) is 23.0 Å². The highest BCUT2D eigenvalue weighted by Crippen LogP contribution is 2.28. The van der Waals surface area contributed by atoms with Crippen LogP contribution in [0.5, 0.6) is 0 Å². The summed E-state index contributed by atoms with van der Waals surface area (Å²) in [4.78, 5) is 21.3. The molecule has 0 fully saturated rings. The van der Waals surface area contributed by atoms with E-state index in [0.29, 0.717) is 10.9 Å². The van der Waals surface area contributed by atoms with Crippen molar-refractivity contribution in [3.05, 3.63) is 39.6 Å². The van der Waals surface area contributed by atoms with E-state index in [0.717, 1.165) is 24.0 Å². The fraction of sp³-hybridized carbons (Fsp3) is 0.250. The van der Waals surface area contributed by atoms with Gasteiger partial charge in [-0.15, -0.1) is 0 Å². The zero-order valence-electron chi connectivity index (χ0n) is 9.64. The Morgan fingerprint density at radius 3 is 2.71 bits per heavy atom. The highest BCUT2D eigenvalue weighted by molar-refractivity contribution is 6.00. The fourth-order valence-corrected chi connectivity index (χ4v) is 2.17. The molecule has 0 saturated heterocycles. The van der Waals surface area contributed by atoms with Crippen molar-refractivity contribution in [1.82, 2.24) is 4.57 Å². The van der Waals surface area contributed by atoms with E-state index in [1.54, 1.807) is 6.07 Å². The minimum absolute atomic E-state index is 0.00820. The molecule has 0 aliphatic rings. The van der Waals surface area contributed by atoms with Crippen molar-refractivity contribution >= 4 is 22.9 Å².